The van der Waals surface area contributed by atoms with Gasteiger partial charge in [0.05, 0.1) is 0 Å². The number of hydrogen-bond donors (Lipinski definition) is 2. The molecule has 0 radical (unpaired) electrons. The summed E-state index contributed by atoms with van der Waals surface area (Å²) in [6.07, 6.45) is 5.16. The van der Waals surface area contributed by atoms with Crippen LogP contribution in [0.25, 0.3) is 0 Å². The average molecular weight is 196 g/mol. The fourth-order valence-corrected chi connectivity index (χ4v) is 2.75. The van der Waals surface area contributed by atoms with E-state index < -0.39 is 5.54 Å². The maximum Gasteiger partial charge on any atom is 0.322 e. The van der Waals surface area contributed by atoms with Crippen molar-refractivity contribution < 1.29 is 9.59 Å². The molecule has 0 bridgehead atoms. The smallest absolute Gasteiger partial charge is 0.322 e. The molecule has 4 heteroatoms. The van der Waals surface area contributed by atoms with Crippen molar-refractivity contribution in [1.82, 2.24) is 10.6 Å². The third-order valence-electron chi connectivity index (χ3n) is 3.58. The molecule has 1 aliphatic heterocycles. The first-order valence-corrected chi connectivity index (χ1v) is 5.32. The van der Waals surface area contributed by atoms with Gasteiger partial charge in [-0.1, -0.05) is 19.8 Å². The van der Waals surface area contributed by atoms with Gasteiger partial charge in [0, 0.05) is 0 Å². The lowest BCUT2D eigenvalue weighted by Crippen LogP contribution is -2.51. The van der Waals surface area contributed by atoms with Crippen LogP contribution < -0.4 is 10.6 Å². The molecule has 2 N–H and O–H groups in total. The van der Waals surface area contributed by atoms with E-state index in [1.165, 1.54) is 12.8 Å². The van der Waals surface area contributed by atoms with Crippen LogP contribution in [0.2, 0.25) is 0 Å². The molecule has 3 amide bonds. The minimum absolute atomic E-state index is 0.128. The fourth-order valence-electron chi connectivity index (χ4n) is 2.75. The lowest BCUT2D eigenvalue weighted by atomic mass is 9.80. The Bertz CT molecular complexity index is 271. The van der Waals surface area contributed by atoms with Crippen LogP contribution in [0.1, 0.15) is 39.0 Å². The fraction of sp³-hybridized carbons (Fsp3) is 0.800. The van der Waals surface area contributed by atoms with Crippen LogP contribution in [0.15, 0.2) is 0 Å². The normalized spacial score (nSPS) is 33.2. The predicted octanol–water partition coefficient (Wildman–Crippen LogP) is 1.16. The maximum atomic E-state index is 11.7. The molecule has 1 saturated carbocycles. The van der Waals surface area contributed by atoms with Gasteiger partial charge in [-0.3, -0.25) is 10.1 Å². The molecule has 0 aromatic rings. The predicted molar refractivity (Wildman–Crippen MR) is 51.7 cm³/mol. The van der Waals surface area contributed by atoms with Gasteiger partial charge in [-0.05, 0) is 25.2 Å². The van der Waals surface area contributed by atoms with Crippen molar-refractivity contribution in [2.24, 2.45) is 5.92 Å². The summed E-state index contributed by atoms with van der Waals surface area (Å²) in [5.74, 6) is 0.204. The lowest BCUT2D eigenvalue weighted by molar-refractivity contribution is -0.126. The highest BCUT2D eigenvalue weighted by Gasteiger charge is 2.50. The number of urea groups is 1. The van der Waals surface area contributed by atoms with E-state index in [1.807, 2.05) is 6.92 Å². The number of nitrogens with one attached hydrogen (secondary N) is 2. The highest BCUT2D eigenvalue weighted by molar-refractivity contribution is 6.07. The molecular formula is C10H16N2O2. The first-order chi connectivity index (χ1) is 6.69. The summed E-state index contributed by atoms with van der Waals surface area (Å²) < 4.78 is 0. The first kappa shape index (κ1) is 9.49. The van der Waals surface area contributed by atoms with Gasteiger partial charge in [-0.2, -0.15) is 0 Å². The summed E-state index contributed by atoms with van der Waals surface area (Å²) in [5.41, 5.74) is -0.604. The molecule has 14 heavy (non-hydrogen) atoms. The van der Waals surface area contributed by atoms with Crippen molar-refractivity contribution in [2.45, 2.75) is 44.6 Å². The van der Waals surface area contributed by atoms with E-state index >= 15 is 0 Å². The summed E-state index contributed by atoms with van der Waals surface area (Å²) in [6.45, 7) is 1.96. The molecule has 1 heterocycles. The first-order valence-electron chi connectivity index (χ1n) is 5.32. The van der Waals surface area contributed by atoms with Gasteiger partial charge in [0.1, 0.15) is 5.54 Å². The lowest BCUT2D eigenvalue weighted by Gasteiger charge is -2.30. The molecule has 1 aliphatic carbocycles. The van der Waals surface area contributed by atoms with Crippen molar-refractivity contribution in [3.8, 4) is 0 Å². The van der Waals surface area contributed by atoms with Crippen molar-refractivity contribution >= 4 is 11.9 Å². The van der Waals surface area contributed by atoms with E-state index in [0.29, 0.717) is 12.3 Å². The Balaban J connectivity index is 2.24. The molecule has 0 aromatic carbocycles. The van der Waals surface area contributed by atoms with E-state index in [2.05, 4.69) is 10.6 Å². The number of carbonyl (C=O) groups is 2. The summed E-state index contributed by atoms with van der Waals surface area (Å²) >= 11 is 0. The van der Waals surface area contributed by atoms with Gasteiger partial charge in [0.2, 0.25) is 0 Å². The highest BCUT2D eigenvalue weighted by Crippen LogP contribution is 2.37. The Morgan fingerprint density at radius 3 is 2.43 bits per heavy atom. The number of amides is 3. The molecule has 2 rings (SSSR count). The second kappa shape index (κ2) is 3.26. The van der Waals surface area contributed by atoms with Crippen LogP contribution in [0.4, 0.5) is 4.79 Å². The average Bonchev–Trinajstić information content (AvgIpc) is 2.73. The van der Waals surface area contributed by atoms with Crippen LogP contribution in [0.5, 0.6) is 0 Å². The van der Waals surface area contributed by atoms with Gasteiger partial charge in [0.25, 0.3) is 5.91 Å². The van der Waals surface area contributed by atoms with Gasteiger partial charge < -0.3 is 5.32 Å². The monoisotopic (exact) mass is 196 g/mol. The zero-order valence-corrected chi connectivity index (χ0v) is 8.43. The molecule has 0 spiro atoms. The largest absolute Gasteiger partial charge is 0.323 e. The van der Waals surface area contributed by atoms with Gasteiger partial charge in [-0.25, -0.2) is 4.79 Å². The molecule has 78 valence electrons. The minimum Gasteiger partial charge on any atom is -0.323 e. The van der Waals surface area contributed by atoms with E-state index in [4.69, 9.17) is 0 Å². The van der Waals surface area contributed by atoms with Crippen LogP contribution in [-0.2, 0) is 4.79 Å². The van der Waals surface area contributed by atoms with Crippen molar-refractivity contribution in [3.05, 3.63) is 0 Å². The Labute approximate surface area is 83.4 Å². The Kier molecular flexibility index (Phi) is 2.21. The number of imide groups is 1. The Morgan fingerprint density at radius 2 is 2.00 bits per heavy atom. The van der Waals surface area contributed by atoms with Crippen LogP contribution >= 0.6 is 0 Å². The molecule has 1 saturated heterocycles. The number of carbonyl (C=O) groups excluding carboxylic acids is 2. The van der Waals surface area contributed by atoms with Crippen LogP contribution in [0, 0.1) is 5.92 Å². The van der Waals surface area contributed by atoms with Crippen LogP contribution in [-0.4, -0.2) is 17.5 Å². The second-order valence-corrected chi connectivity index (χ2v) is 4.21. The number of rotatable bonds is 2. The van der Waals surface area contributed by atoms with E-state index in [9.17, 15) is 9.59 Å². The molecule has 2 aliphatic rings. The highest BCUT2D eigenvalue weighted by atomic mass is 16.2. The quantitative estimate of drug-likeness (QED) is 0.651. The van der Waals surface area contributed by atoms with Crippen molar-refractivity contribution in [2.75, 3.05) is 0 Å². The van der Waals surface area contributed by atoms with Gasteiger partial charge in [0.15, 0.2) is 0 Å². The second-order valence-electron chi connectivity index (χ2n) is 4.21. The van der Waals surface area contributed by atoms with Gasteiger partial charge >= 0.3 is 6.03 Å². The van der Waals surface area contributed by atoms with E-state index in [-0.39, 0.29) is 11.9 Å². The summed E-state index contributed by atoms with van der Waals surface area (Å²) in [5, 5.41) is 5.16. The molecular weight excluding hydrogens is 180 g/mol. The summed E-state index contributed by atoms with van der Waals surface area (Å²) in [6, 6.07) is -0.330. The SMILES string of the molecule is CC[C@]1(C2CCCC2)NC(=O)NC1=O. The Hall–Kier alpha value is -1.06. The third-order valence-corrected chi connectivity index (χ3v) is 3.58. The minimum atomic E-state index is -0.604. The van der Waals surface area contributed by atoms with Gasteiger partial charge in [-0.15, -0.1) is 0 Å². The zero-order valence-electron chi connectivity index (χ0n) is 8.43. The van der Waals surface area contributed by atoms with Crippen molar-refractivity contribution in [3.63, 3.8) is 0 Å². The van der Waals surface area contributed by atoms with E-state index in [0.717, 1.165) is 12.8 Å². The molecule has 2 fully saturated rings. The zero-order chi connectivity index (χ0) is 10.2. The molecule has 0 aromatic heterocycles. The van der Waals surface area contributed by atoms with Crippen LogP contribution in [0.3, 0.4) is 0 Å². The number of hydrogen-bond acceptors (Lipinski definition) is 2. The summed E-state index contributed by atoms with van der Waals surface area (Å²) in [7, 11) is 0. The van der Waals surface area contributed by atoms with E-state index in [1.54, 1.807) is 0 Å². The standard InChI is InChI=1S/C10H16N2O2/c1-2-10(7-5-3-4-6-7)8(13)11-9(14)12-10/h7H,2-6H2,1H3,(H2,11,12,13,14)/t10-/m1/s1. The Morgan fingerprint density at radius 1 is 1.36 bits per heavy atom. The third kappa shape index (κ3) is 1.21. The molecule has 1 atom stereocenters. The topological polar surface area (TPSA) is 58.2 Å². The van der Waals surface area contributed by atoms with Crippen molar-refractivity contribution in [1.29, 1.82) is 0 Å². The maximum absolute atomic E-state index is 11.7. The molecule has 0 unspecified atom stereocenters. The summed E-state index contributed by atoms with van der Waals surface area (Å²) in [4.78, 5) is 22.9. The molecule has 4 nitrogen and oxygen atoms in total.